The molecule has 0 unspecified atom stereocenters. The van der Waals surface area contributed by atoms with E-state index in [1.54, 1.807) is 24.3 Å². The van der Waals surface area contributed by atoms with Gasteiger partial charge >= 0.3 is 6.18 Å². The van der Waals surface area contributed by atoms with Gasteiger partial charge in [-0.2, -0.15) is 13.2 Å². The van der Waals surface area contributed by atoms with E-state index in [2.05, 4.69) is 0 Å². The van der Waals surface area contributed by atoms with Crippen LogP contribution in [0.15, 0.2) is 48.5 Å². The average Bonchev–Trinajstić information content (AvgIpc) is 2.46. The third kappa shape index (κ3) is 4.66. The Labute approximate surface area is 129 Å². The second-order valence-corrected chi connectivity index (χ2v) is 4.66. The SMILES string of the molecule is O=C(Cl)COc1ccc(Oc2ccc(C(F)(F)F)cc2)cc1. The molecule has 22 heavy (non-hydrogen) atoms. The molecule has 0 fully saturated rings. The summed E-state index contributed by atoms with van der Waals surface area (Å²) in [7, 11) is 0. The zero-order valence-corrected chi connectivity index (χ0v) is 11.8. The molecule has 0 saturated heterocycles. The van der Waals surface area contributed by atoms with Gasteiger partial charge in [-0.1, -0.05) is 0 Å². The molecule has 0 heterocycles. The van der Waals surface area contributed by atoms with Crippen LogP contribution >= 0.6 is 11.6 Å². The number of benzene rings is 2. The summed E-state index contributed by atoms with van der Waals surface area (Å²) < 4.78 is 47.8. The molecule has 3 nitrogen and oxygen atoms in total. The monoisotopic (exact) mass is 330 g/mol. The molecule has 2 aromatic rings. The molecule has 0 saturated carbocycles. The summed E-state index contributed by atoms with van der Waals surface area (Å²) in [6, 6.07) is 10.6. The Hall–Kier alpha value is -2.21. The summed E-state index contributed by atoms with van der Waals surface area (Å²) in [5.74, 6) is 1.12. The van der Waals surface area contributed by atoms with E-state index in [4.69, 9.17) is 21.1 Å². The lowest BCUT2D eigenvalue weighted by atomic mass is 10.2. The zero-order valence-electron chi connectivity index (χ0n) is 11.1. The first-order valence-electron chi connectivity index (χ1n) is 6.11. The summed E-state index contributed by atoms with van der Waals surface area (Å²) in [6.07, 6.45) is -4.38. The fourth-order valence-corrected chi connectivity index (χ4v) is 1.65. The maximum absolute atomic E-state index is 12.4. The first-order chi connectivity index (χ1) is 10.3. The predicted octanol–water partition coefficient (Wildman–Crippen LogP) is 4.64. The number of hydrogen-bond donors (Lipinski definition) is 0. The molecule has 0 aliphatic heterocycles. The number of carbonyl (C=O) groups excluding carboxylic acids is 1. The lowest BCUT2D eigenvalue weighted by Gasteiger charge is -2.09. The highest BCUT2D eigenvalue weighted by molar-refractivity contribution is 6.63. The van der Waals surface area contributed by atoms with Gasteiger partial charge in [0.15, 0.2) is 6.61 Å². The van der Waals surface area contributed by atoms with Crippen molar-refractivity contribution in [1.29, 1.82) is 0 Å². The van der Waals surface area contributed by atoms with Crippen molar-refractivity contribution in [2.75, 3.05) is 6.61 Å². The number of alkyl halides is 3. The fourth-order valence-electron chi connectivity index (χ4n) is 1.59. The molecule has 2 rings (SSSR count). The summed E-state index contributed by atoms with van der Waals surface area (Å²) >= 11 is 5.14. The van der Waals surface area contributed by atoms with Crippen molar-refractivity contribution in [2.45, 2.75) is 6.18 Å². The van der Waals surface area contributed by atoms with Crippen LogP contribution in [0.5, 0.6) is 17.2 Å². The Bertz CT molecular complexity index is 637. The van der Waals surface area contributed by atoms with Gasteiger partial charge in [0.25, 0.3) is 5.24 Å². The van der Waals surface area contributed by atoms with Gasteiger partial charge in [-0.25, -0.2) is 0 Å². The minimum absolute atomic E-state index is 0.249. The van der Waals surface area contributed by atoms with Crippen LogP contribution in [0.3, 0.4) is 0 Å². The van der Waals surface area contributed by atoms with E-state index in [1.807, 2.05) is 0 Å². The first kappa shape index (κ1) is 16.2. The molecule has 0 atom stereocenters. The van der Waals surface area contributed by atoms with Gasteiger partial charge in [0, 0.05) is 0 Å². The Morgan fingerprint density at radius 1 is 0.909 bits per heavy atom. The molecule has 0 N–H and O–H groups in total. The van der Waals surface area contributed by atoms with Gasteiger partial charge in [0.2, 0.25) is 0 Å². The van der Waals surface area contributed by atoms with E-state index < -0.39 is 17.0 Å². The van der Waals surface area contributed by atoms with Gasteiger partial charge in [-0.05, 0) is 60.1 Å². The second kappa shape index (κ2) is 6.70. The molecule has 0 aliphatic carbocycles. The Morgan fingerprint density at radius 2 is 1.36 bits per heavy atom. The smallest absolute Gasteiger partial charge is 0.416 e. The van der Waals surface area contributed by atoms with Crippen LogP contribution in [-0.2, 0) is 11.0 Å². The van der Waals surface area contributed by atoms with Crippen molar-refractivity contribution < 1.29 is 27.4 Å². The Balaban J connectivity index is 2.00. The molecule has 0 aromatic heterocycles. The van der Waals surface area contributed by atoms with E-state index in [1.165, 1.54) is 12.1 Å². The Morgan fingerprint density at radius 3 is 1.82 bits per heavy atom. The van der Waals surface area contributed by atoms with Crippen molar-refractivity contribution in [3.8, 4) is 17.2 Å². The molecule has 0 radical (unpaired) electrons. The lowest BCUT2D eigenvalue weighted by Crippen LogP contribution is -2.04. The van der Waals surface area contributed by atoms with Gasteiger partial charge in [0.1, 0.15) is 17.2 Å². The largest absolute Gasteiger partial charge is 0.484 e. The molecule has 7 heteroatoms. The van der Waals surface area contributed by atoms with Gasteiger partial charge in [-0.3, -0.25) is 4.79 Å². The van der Waals surface area contributed by atoms with Crippen LogP contribution in [0, 0.1) is 0 Å². The second-order valence-electron chi connectivity index (χ2n) is 4.24. The molecular weight excluding hydrogens is 321 g/mol. The topological polar surface area (TPSA) is 35.5 Å². The third-order valence-electron chi connectivity index (χ3n) is 2.59. The van der Waals surface area contributed by atoms with Crippen molar-refractivity contribution in [3.63, 3.8) is 0 Å². The highest BCUT2D eigenvalue weighted by Gasteiger charge is 2.30. The van der Waals surface area contributed by atoms with Crippen LogP contribution < -0.4 is 9.47 Å². The van der Waals surface area contributed by atoms with Crippen LogP contribution in [0.2, 0.25) is 0 Å². The highest BCUT2D eigenvalue weighted by Crippen LogP contribution is 2.31. The van der Waals surface area contributed by atoms with Crippen molar-refractivity contribution in [2.24, 2.45) is 0 Å². The van der Waals surface area contributed by atoms with Crippen LogP contribution in [0.25, 0.3) is 0 Å². The zero-order chi connectivity index (χ0) is 16.2. The minimum Gasteiger partial charge on any atom is -0.484 e. The van der Waals surface area contributed by atoms with Crippen LogP contribution in [0.1, 0.15) is 5.56 Å². The maximum Gasteiger partial charge on any atom is 0.416 e. The molecule has 2 aromatic carbocycles. The standard InChI is InChI=1S/C15H10ClF3O3/c16-14(20)9-21-11-5-7-13(8-6-11)22-12-3-1-10(2-4-12)15(17,18)19/h1-8H,9H2. The fraction of sp³-hybridized carbons (Fsp3) is 0.133. The molecule has 116 valence electrons. The minimum atomic E-state index is -4.38. The van der Waals surface area contributed by atoms with Crippen molar-refractivity contribution in [3.05, 3.63) is 54.1 Å². The predicted molar refractivity (Wildman–Crippen MR) is 74.3 cm³/mol. The van der Waals surface area contributed by atoms with E-state index >= 15 is 0 Å². The molecule has 0 aliphatic rings. The number of ether oxygens (including phenoxy) is 2. The number of halogens is 4. The van der Waals surface area contributed by atoms with Crippen molar-refractivity contribution in [1.82, 2.24) is 0 Å². The summed E-state index contributed by atoms with van der Waals surface area (Å²) in [4.78, 5) is 10.6. The highest BCUT2D eigenvalue weighted by atomic mass is 35.5. The van der Waals surface area contributed by atoms with E-state index in [0.717, 1.165) is 12.1 Å². The summed E-state index contributed by atoms with van der Waals surface area (Å²) in [5, 5.41) is -0.620. The molecular formula is C15H10ClF3O3. The van der Waals surface area contributed by atoms with Gasteiger partial charge in [-0.15, -0.1) is 0 Å². The van der Waals surface area contributed by atoms with Crippen LogP contribution in [-0.4, -0.2) is 11.8 Å². The lowest BCUT2D eigenvalue weighted by molar-refractivity contribution is -0.137. The van der Waals surface area contributed by atoms with E-state index in [9.17, 15) is 18.0 Å². The molecule has 0 bridgehead atoms. The Kier molecular flexibility index (Phi) is 4.92. The normalized spacial score (nSPS) is 11.1. The summed E-state index contributed by atoms with van der Waals surface area (Å²) in [5.41, 5.74) is -0.741. The van der Waals surface area contributed by atoms with Crippen molar-refractivity contribution >= 4 is 16.8 Å². The number of rotatable bonds is 5. The maximum atomic E-state index is 12.4. The molecule has 0 amide bonds. The van der Waals surface area contributed by atoms with Gasteiger partial charge in [0.05, 0.1) is 5.56 Å². The number of carbonyl (C=O) groups is 1. The van der Waals surface area contributed by atoms with Gasteiger partial charge < -0.3 is 9.47 Å². The van der Waals surface area contributed by atoms with Crippen LogP contribution in [0.4, 0.5) is 13.2 Å². The first-order valence-corrected chi connectivity index (χ1v) is 6.49. The average molecular weight is 331 g/mol. The quantitative estimate of drug-likeness (QED) is 0.749. The van der Waals surface area contributed by atoms with E-state index in [0.29, 0.717) is 11.5 Å². The van der Waals surface area contributed by atoms with E-state index in [-0.39, 0.29) is 12.4 Å². The third-order valence-corrected chi connectivity index (χ3v) is 2.70. The summed E-state index contributed by atoms with van der Waals surface area (Å²) in [6.45, 7) is -0.249. The number of hydrogen-bond acceptors (Lipinski definition) is 3. The molecule has 0 spiro atoms.